The van der Waals surface area contributed by atoms with E-state index in [-0.39, 0.29) is 17.7 Å². The van der Waals surface area contributed by atoms with E-state index in [4.69, 9.17) is 42.4 Å². The highest BCUT2D eigenvalue weighted by molar-refractivity contribution is 6.41. The molecule has 0 aliphatic carbocycles. The summed E-state index contributed by atoms with van der Waals surface area (Å²) in [7, 11) is 6.90. The van der Waals surface area contributed by atoms with Crippen LogP contribution in [0.1, 0.15) is 12.8 Å². The van der Waals surface area contributed by atoms with Gasteiger partial charge in [-0.2, -0.15) is 0 Å². The average Bonchev–Trinajstić information content (AvgIpc) is 2.89. The summed E-state index contributed by atoms with van der Waals surface area (Å²) < 4.78 is 16.5. The third-order valence-corrected chi connectivity index (χ3v) is 7.22. The van der Waals surface area contributed by atoms with Crippen molar-refractivity contribution < 1.29 is 19.0 Å². The van der Waals surface area contributed by atoms with Gasteiger partial charge < -0.3 is 24.4 Å². The lowest BCUT2D eigenvalue weighted by atomic mass is 9.89. The Morgan fingerprint density at radius 2 is 1.92 bits per heavy atom. The van der Waals surface area contributed by atoms with Crippen LogP contribution in [0.25, 0.3) is 22.0 Å². The summed E-state index contributed by atoms with van der Waals surface area (Å²) in [6.07, 6.45) is 4.38. The Kier molecular flexibility index (Phi) is 8.42. The quantitative estimate of drug-likeness (QED) is 0.346. The molecule has 1 aromatic carbocycles. The van der Waals surface area contributed by atoms with Crippen molar-refractivity contribution in [2.45, 2.75) is 18.9 Å². The van der Waals surface area contributed by atoms with Crippen molar-refractivity contribution in [3.05, 3.63) is 47.1 Å². The molecule has 2 aromatic heterocycles. The summed E-state index contributed by atoms with van der Waals surface area (Å²) in [6, 6.07) is 5.45. The molecule has 1 N–H and O–H groups in total. The van der Waals surface area contributed by atoms with Crippen LogP contribution < -0.4 is 19.7 Å². The van der Waals surface area contributed by atoms with Crippen molar-refractivity contribution in [1.29, 1.82) is 0 Å². The molecule has 0 saturated carbocycles. The SMILES string of the molecule is C=CC(=O)C[C@H]1CCOC[C@H]1Nc1cc2c(N(C)C)nc(-c3c(Cl)c(OC)cc(OC)c3Cl)cc2cn1. The lowest BCUT2D eigenvalue weighted by molar-refractivity contribution is -0.116. The van der Waals surface area contributed by atoms with Gasteiger partial charge in [0.2, 0.25) is 0 Å². The van der Waals surface area contributed by atoms with Gasteiger partial charge in [-0.05, 0) is 30.5 Å². The molecule has 0 radical (unpaired) electrons. The average molecular weight is 545 g/mol. The van der Waals surface area contributed by atoms with Crippen molar-refractivity contribution in [2.75, 3.05) is 51.7 Å². The van der Waals surface area contributed by atoms with Gasteiger partial charge in [-0.1, -0.05) is 29.8 Å². The zero-order valence-corrected chi connectivity index (χ0v) is 22.8. The van der Waals surface area contributed by atoms with E-state index >= 15 is 0 Å². The van der Waals surface area contributed by atoms with Gasteiger partial charge in [0, 0.05) is 55.7 Å². The first kappa shape index (κ1) is 27.0. The number of allylic oxidation sites excluding steroid dienone is 1. The second kappa shape index (κ2) is 11.5. The van der Waals surface area contributed by atoms with Crippen molar-refractivity contribution in [2.24, 2.45) is 5.92 Å². The zero-order chi connectivity index (χ0) is 26.7. The topological polar surface area (TPSA) is 85.8 Å². The number of carbonyl (C=O) groups excluding carboxylic acids is 1. The molecule has 37 heavy (non-hydrogen) atoms. The number of hydrogen-bond acceptors (Lipinski definition) is 8. The van der Waals surface area contributed by atoms with Gasteiger partial charge in [-0.15, -0.1) is 0 Å². The molecule has 196 valence electrons. The maximum atomic E-state index is 12.0. The maximum Gasteiger partial charge on any atom is 0.155 e. The zero-order valence-electron chi connectivity index (χ0n) is 21.3. The van der Waals surface area contributed by atoms with E-state index in [1.165, 1.54) is 20.3 Å². The normalized spacial score (nSPS) is 17.4. The molecule has 3 aromatic rings. The van der Waals surface area contributed by atoms with E-state index in [1.54, 1.807) is 12.3 Å². The van der Waals surface area contributed by atoms with Crippen molar-refractivity contribution in [3.63, 3.8) is 0 Å². The molecule has 2 atom stereocenters. The molecule has 1 fully saturated rings. The van der Waals surface area contributed by atoms with Crippen molar-refractivity contribution >= 4 is 51.4 Å². The van der Waals surface area contributed by atoms with Gasteiger partial charge in [0.05, 0.1) is 42.6 Å². The molecule has 1 saturated heterocycles. The van der Waals surface area contributed by atoms with Crippen LogP contribution in [0, 0.1) is 5.92 Å². The predicted molar refractivity (Wildman–Crippen MR) is 149 cm³/mol. The van der Waals surface area contributed by atoms with Crippen LogP contribution in [0.2, 0.25) is 10.0 Å². The Morgan fingerprint density at radius 3 is 2.54 bits per heavy atom. The molecular formula is C27H30Cl2N4O4. The Labute approximate surface area is 226 Å². The lowest BCUT2D eigenvalue weighted by Gasteiger charge is -2.32. The first-order valence-electron chi connectivity index (χ1n) is 11.8. The second-order valence-electron chi connectivity index (χ2n) is 9.05. The van der Waals surface area contributed by atoms with Gasteiger partial charge in [0.1, 0.15) is 23.1 Å². The van der Waals surface area contributed by atoms with E-state index in [1.807, 2.05) is 31.1 Å². The summed E-state index contributed by atoms with van der Waals surface area (Å²) in [5, 5.41) is 5.90. The minimum Gasteiger partial charge on any atom is -0.495 e. The standard InChI is InChI=1S/C27H30Cl2N4O4/c1-6-17(34)9-15-7-8-37-14-20(15)31-23-11-18-16(13-30-23)10-19(32-27(18)33(2)3)24-25(28)21(35-4)12-22(36-5)26(24)29/h6,10-13,15,20H,1,7-9,14H2,2-5H3,(H,30,31)/t15-,20-/m1/s1. The fourth-order valence-corrected chi connectivity index (χ4v) is 5.20. The number of pyridine rings is 2. The number of nitrogens with zero attached hydrogens (tertiary/aromatic N) is 3. The summed E-state index contributed by atoms with van der Waals surface area (Å²) in [5.41, 5.74) is 1.08. The van der Waals surface area contributed by atoms with Crippen LogP contribution >= 0.6 is 23.2 Å². The number of ketones is 1. The number of nitrogens with one attached hydrogen (secondary N) is 1. The molecule has 8 nitrogen and oxygen atoms in total. The Hall–Kier alpha value is -3.07. The number of halogens is 2. The molecule has 0 spiro atoms. The predicted octanol–water partition coefficient (Wildman–Crippen LogP) is 5.65. The summed E-state index contributed by atoms with van der Waals surface area (Å²) in [6.45, 7) is 4.74. The minimum atomic E-state index is -0.0421. The van der Waals surface area contributed by atoms with Crippen molar-refractivity contribution in [3.8, 4) is 22.8 Å². The first-order valence-corrected chi connectivity index (χ1v) is 12.6. The van der Waals surface area contributed by atoms with Crippen molar-refractivity contribution in [1.82, 2.24) is 9.97 Å². The largest absolute Gasteiger partial charge is 0.495 e. The number of fused-ring (bicyclic) bond motifs is 1. The van der Waals surface area contributed by atoms with Crippen LogP contribution in [0.5, 0.6) is 11.5 Å². The molecule has 10 heteroatoms. The van der Waals surface area contributed by atoms with E-state index in [9.17, 15) is 4.79 Å². The lowest BCUT2D eigenvalue weighted by Crippen LogP contribution is -2.39. The summed E-state index contributed by atoms with van der Waals surface area (Å²) >= 11 is 13.3. The van der Waals surface area contributed by atoms with Crippen LogP contribution in [0.4, 0.5) is 11.6 Å². The maximum absolute atomic E-state index is 12.0. The number of carbonyl (C=O) groups is 1. The van der Waals surface area contributed by atoms with Gasteiger partial charge in [-0.25, -0.2) is 9.97 Å². The Morgan fingerprint density at radius 1 is 1.22 bits per heavy atom. The minimum absolute atomic E-state index is 0.0308. The number of rotatable bonds is 9. The Bertz CT molecular complexity index is 1300. The molecule has 1 aliphatic heterocycles. The molecule has 1 aliphatic rings. The number of ether oxygens (including phenoxy) is 3. The van der Waals surface area contributed by atoms with E-state index in [0.717, 1.165) is 17.2 Å². The smallest absolute Gasteiger partial charge is 0.155 e. The van der Waals surface area contributed by atoms with Gasteiger partial charge in [0.25, 0.3) is 0 Å². The monoisotopic (exact) mass is 544 g/mol. The van der Waals surface area contributed by atoms with Crippen LogP contribution in [0.3, 0.4) is 0 Å². The van der Waals surface area contributed by atoms with E-state index in [0.29, 0.717) is 64.1 Å². The van der Waals surface area contributed by atoms with E-state index in [2.05, 4.69) is 16.9 Å². The summed E-state index contributed by atoms with van der Waals surface area (Å²) in [5.74, 6) is 2.42. The molecule has 0 bridgehead atoms. The molecule has 3 heterocycles. The number of methoxy groups -OCH3 is 2. The van der Waals surface area contributed by atoms with Gasteiger partial charge in [-0.3, -0.25) is 4.79 Å². The van der Waals surface area contributed by atoms with Gasteiger partial charge in [0.15, 0.2) is 5.78 Å². The highest BCUT2D eigenvalue weighted by Crippen LogP contribution is 2.46. The van der Waals surface area contributed by atoms with Crippen LogP contribution in [-0.2, 0) is 9.53 Å². The third kappa shape index (κ3) is 5.61. The second-order valence-corrected chi connectivity index (χ2v) is 9.81. The molecular weight excluding hydrogens is 515 g/mol. The van der Waals surface area contributed by atoms with Crippen LogP contribution in [0.15, 0.2) is 37.1 Å². The fraction of sp³-hybridized carbons (Fsp3) is 0.370. The molecule has 0 unspecified atom stereocenters. The molecule has 0 amide bonds. The number of benzene rings is 1. The highest BCUT2D eigenvalue weighted by Gasteiger charge is 2.28. The Balaban J connectivity index is 1.76. The third-order valence-electron chi connectivity index (χ3n) is 6.47. The fourth-order valence-electron chi connectivity index (χ4n) is 4.50. The molecule has 4 rings (SSSR count). The first-order chi connectivity index (χ1) is 17.8. The highest BCUT2D eigenvalue weighted by atomic mass is 35.5. The number of anilines is 2. The summed E-state index contributed by atoms with van der Waals surface area (Å²) in [4.78, 5) is 23.5. The van der Waals surface area contributed by atoms with Gasteiger partial charge >= 0.3 is 0 Å². The number of aromatic nitrogens is 2. The van der Waals surface area contributed by atoms with Crippen LogP contribution in [-0.4, -0.2) is 63.3 Å². The van der Waals surface area contributed by atoms with E-state index < -0.39 is 0 Å². The number of hydrogen-bond donors (Lipinski definition) is 1.